The Morgan fingerprint density at radius 2 is 1.88 bits per heavy atom. The Morgan fingerprint density at radius 3 is 2.44 bits per heavy atom. The summed E-state index contributed by atoms with van der Waals surface area (Å²) in [6.07, 6.45) is 5.81. The maximum absolute atomic E-state index is 12.3. The van der Waals surface area contributed by atoms with Crippen LogP contribution in [-0.2, 0) is 4.79 Å². The molecular formula is C13H24N2O. The third kappa shape index (κ3) is 2.57. The molecule has 0 bridgehead atoms. The van der Waals surface area contributed by atoms with Crippen molar-refractivity contribution < 1.29 is 4.79 Å². The molecule has 0 aromatic rings. The van der Waals surface area contributed by atoms with E-state index in [9.17, 15) is 4.79 Å². The number of nitrogens with zero attached hydrogens (tertiary/aromatic N) is 1. The van der Waals surface area contributed by atoms with Gasteiger partial charge in [0, 0.05) is 25.0 Å². The maximum atomic E-state index is 12.3. The Balaban J connectivity index is 1.83. The van der Waals surface area contributed by atoms with Crippen molar-refractivity contribution in [2.24, 2.45) is 11.8 Å². The third-order valence-electron chi connectivity index (χ3n) is 4.27. The summed E-state index contributed by atoms with van der Waals surface area (Å²) < 4.78 is 0. The smallest absolute Gasteiger partial charge is 0.225 e. The molecule has 2 fully saturated rings. The molecule has 16 heavy (non-hydrogen) atoms. The van der Waals surface area contributed by atoms with Crippen LogP contribution in [0.1, 0.15) is 39.0 Å². The molecule has 1 amide bonds. The predicted molar refractivity (Wildman–Crippen MR) is 65.2 cm³/mol. The summed E-state index contributed by atoms with van der Waals surface area (Å²) in [6, 6.07) is 0.520. The number of nitrogens with one attached hydrogen (secondary N) is 1. The summed E-state index contributed by atoms with van der Waals surface area (Å²) in [5, 5.41) is 3.26. The highest BCUT2D eigenvalue weighted by Gasteiger charge is 2.31. The highest BCUT2D eigenvalue weighted by Crippen LogP contribution is 2.30. The van der Waals surface area contributed by atoms with Gasteiger partial charge in [0.2, 0.25) is 5.91 Å². The van der Waals surface area contributed by atoms with E-state index in [1.54, 1.807) is 0 Å². The fraction of sp³-hybridized carbons (Fsp3) is 0.923. The lowest BCUT2D eigenvalue weighted by Crippen LogP contribution is -2.38. The van der Waals surface area contributed by atoms with Gasteiger partial charge in [-0.3, -0.25) is 4.79 Å². The number of carbonyl (C=O) groups is 1. The van der Waals surface area contributed by atoms with Gasteiger partial charge in [-0.25, -0.2) is 0 Å². The molecule has 92 valence electrons. The summed E-state index contributed by atoms with van der Waals surface area (Å²) in [6.45, 7) is 4.17. The van der Waals surface area contributed by atoms with E-state index >= 15 is 0 Å². The first-order valence-electron chi connectivity index (χ1n) is 6.66. The molecule has 1 saturated heterocycles. The predicted octanol–water partition coefficient (Wildman–Crippen LogP) is 1.63. The zero-order valence-electron chi connectivity index (χ0n) is 10.5. The lowest BCUT2D eigenvalue weighted by atomic mass is 9.82. The lowest BCUT2D eigenvalue weighted by Gasteiger charge is -2.29. The van der Waals surface area contributed by atoms with Gasteiger partial charge in [-0.05, 0) is 45.1 Å². The van der Waals surface area contributed by atoms with Crippen molar-refractivity contribution >= 4 is 5.91 Å². The van der Waals surface area contributed by atoms with Crippen molar-refractivity contribution in [2.75, 3.05) is 20.1 Å². The van der Waals surface area contributed by atoms with Gasteiger partial charge in [0.25, 0.3) is 0 Å². The van der Waals surface area contributed by atoms with Crippen molar-refractivity contribution in [3.05, 3.63) is 0 Å². The van der Waals surface area contributed by atoms with E-state index in [2.05, 4.69) is 17.1 Å². The molecule has 0 radical (unpaired) electrons. The normalized spacial score (nSPS) is 35.4. The van der Waals surface area contributed by atoms with Crippen LogP contribution in [0.3, 0.4) is 0 Å². The number of rotatable bonds is 2. The van der Waals surface area contributed by atoms with Crippen molar-refractivity contribution in [3.8, 4) is 0 Å². The van der Waals surface area contributed by atoms with E-state index < -0.39 is 0 Å². The van der Waals surface area contributed by atoms with Crippen LogP contribution in [0.15, 0.2) is 0 Å². The van der Waals surface area contributed by atoms with E-state index in [0.29, 0.717) is 17.9 Å². The molecule has 2 aliphatic rings. The molecule has 1 aliphatic heterocycles. The standard InChI is InChI=1S/C13H24N2O/c1-10-3-5-11(6-4-10)13(16)15-8-7-12(9-15)14-2/h10-12,14H,3-9H2,1-2H3. The van der Waals surface area contributed by atoms with Crippen LogP contribution in [0.5, 0.6) is 0 Å². The van der Waals surface area contributed by atoms with Crippen LogP contribution in [-0.4, -0.2) is 37.0 Å². The van der Waals surface area contributed by atoms with Gasteiger partial charge >= 0.3 is 0 Å². The summed E-state index contributed by atoms with van der Waals surface area (Å²) in [5.41, 5.74) is 0. The van der Waals surface area contributed by atoms with Gasteiger partial charge in [0.05, 0.1) is 0 Å². The summed E-state index contributed by atoms with van der Waals surface area (Å²) in [5.74, 6) is 1.57. The molecule has 1 atom stereocenters. The number of likely N-dealkylation sites (N-methyl/N-ethyl adjacent to an activating group) is 1. The van der Waals surface area contributed by atoms with Crippen LogP contribution < -0.4 is 5.32 Å². The monoisotopic (exact) mass is 224 g/mol. The van der Waals surface area contributed by atoms with Crippen LogP contribution in [0, 0.1) is 11.8 Å². The van der Waals surface area contributed by atoms with Gasteiger partial charge < -0.3 is 10.2 Å². The second-order valence-electron chi connectivity index (χ2n) is 5.52. The second-order valence-corrected chi connectivity index (χ2v) is 5.52. The number of hydrogen-bond acceptors (Lipinski definition) is 2. The molecule has 0 aromatic heterocycles. The number of hydrogen-bond donors (Lipinski definition) is 1. The summed E-state index contributed by atoms with van der Waals surface area (Å²) >= 11 is 0. The molecule has 3 heteroatoms. The minimum atomic E-state index is 0.326. The molecule has 1 heterocycles. The van der Waals surface area contributed by atoms with Crippen LogP contribution >= 0.6 is 0 Å². The lowest BCUT2D eigenvalue weighted by molar-refractivity contribution is -0.135. The molecule has 3 nitrogen and oxygen atoms in total. The largest absolute Gasteiger partial charge is 0.341 e. The Morgan fingerprint density at radius 1 is 1.19 bits per heavy atom. The zero-order chi connectivity index (χ0) is 11.5. The number of likely N-dealkylation sites (tertiary alicyclic amines) is 1. The fourth-order valence-corrected chi connectivity index (χ4v) is 2.96. The van der Waals surface area contributed by atoms with Crippen molar-refractivity contribution in [1.82, 2.24) is 10.2 Å². The van der Waals surface area contributed by atoms with Crippen LogP contribution in [0.25, 0.3) is 0 Å². The minimum absolute atomic E-state index is 0.326. The van der Waals surface area contributed by atoms with Gasteiger partial charge in [0.1, 0.15) is 0 Å². The molecule has 1 N–H and O–H groups in total. The van der Waals surface area contributed by atoms with Gasteiger partial charge in [-0.1, -0.05) is 6.92 Å². The summed E-state index contributed by atoms with van der Waals surface area (Å²) in [4.78, 5) is 14.3. The Bertz CT molecular complexity index is 242. The first kappa shape index (κ1) is 11.9. The highest BCUT2D eigenvalue weighted by molar-refractivity contribution is 5.79. The minimum Gasteiger partial charge on any atom is -0.341 e. The molecule has 1 saturated carbocycles. The SMILES string of the molecule is CNC1CCN(C(=O)C2CCC(C)CC2)C1. The number of amides is 1. The van der Waals surface area contributed by atoms with Gasteiger partial charge in [-0.2, -0.15) is 0 Å². The molecule has 2 rings (SSSR count). The molecule has 0 spiro atoms. The maximum Gasteiger partial charge on any atom is 0.225 e. The van der Waals surface area contributed by atoms with E-state index in [-0.39, 0.29) is 0 Å². The van der Waals surface area contributed by atoms with Gasteiger partial charge in [0.15, 0.2) is 0 Å². The highest BCUT2D eigenvalue weighted by atomic mass is 16.2. The molecule has 1 aliphatic carbocycles. The zero-order valence-corrected chi connectivity index (χ0v) is 10.5. The van der Waals surface area contributed by atoms with Crippen molar-refractivity contribution in [2.45, 2.75) is 45.1 Å². The topological polar surface area (TPSA) is 32.3 Å². The average molecular weight is 224 g/mol. The van der Waals surface area contributed by atoms with Crippen molar-refractivity contribution in [1.29, 1.82) is 0 Å². The first-order chi connectivity index (χ1) is 7.70. The quantitative estimate of drug-likeness (QED) is 0.773. The van der Waals surface area contributed by atoms with Crippen LogP contribution in [0.4, 0.5) is 0 Å². The van der Waals surface area contributed by atoms with Crippen LogP contribution in [0.2, 0.25) is 0 Å². The molecular weight excluding hydrogens is 200 g/mol. The Hall–Kier alpha value is -0.570. The van der Waals surface area contributed by atoms with E-state index in [1.165, 1.54) is 12.8 Å². The van der Waals surface area contributed by atoms with E-state index in [4.69, 9.17) is 0 Å². The van der Waals surface area contributed by atoms with E-state index in [0.717, 1.165) is 38.3 Å². The van der Waals surface area contributed by atoms with Gasteiger partial charge in [-0.15, -0.1) is 0 Å². The first-order valence-corrected chi connectivity index (χ1v) is 6.66. The number of carbonyl (C=O) groups excluding carboxylic acids is 1. The third-order valence-corrected chi connectivity index (χ3v) is 4.27. The molecule has 1 unspecified atom stereocenters. The Labute approximate surface area is 98.6 Å². The van der Waals surface area contributed by atoms with Crippen molar-refractivity contribution in [3.63, 3.8) is 0 Å². The average Bonchev–Trinajstić information content (AvgIpc) is 2.77. The second kappa shape index (κ2) is 5.17. The van der Waals surface area contributed by atoms with E-state index in [1.807, 2.05) is 7.05 Å². The Kier molecular flexibility index (Phi) is 3.85. The fourth-order valence-electron chi connectivity index (χ4n) is 2.96. The summed E-state index contributed by atoms with van der Waals surface area (Å²) in [7, 11) is 1.99. The molecule has 0 aromatic carbocycles.